The van der Waals surface area contributed by atoms with Crippen LogP contribution in [-0.2, 0) is 13.6 Å². The number of nitrogens with zero attached hydrogens (tertiary/aromatic N) is 3. The first-order valence-electron chi connectivity index (χ1n) is 12.4. The van der Waals surface area contributed by atoms with E-state index in [4.69, 9.17) is 14.2 Å². The Bertz CT molecular complexity index is 1780. The summed E-state index contributed by atoms with van der Waals surface area (Å²) >= 11 is 0. The third kappa shape index (κ3) is 4.98. The van der Waals surface area contributed by atoms with Crippen LogP contribution >= 0.6 is 0 Å². The van der Waals surface area contributed by atoms with Crippen LogP contribution in [0, 0.1) is 12.7 Å². The molecule has 0 radical (unpaired) electrons. The van der Waals surface area contributed by atoms with Crippen LogP contribution in [0.15, 0.2) is 77.7 Å². The van der Waals surface area contributed by atoms with Gasteiger partial charge in [-0.05, 0) is 36.8 Å². The van der Waals surface area contributed by atoms with Crippen LogP contribution in [0.25, 0.3) is 10.9 Å². The molecule has 0 aliphatic rings. The molecule has 1 amide bonds. The van der Waals surface area contributed by atoms with Crippen molar-refractivity contribution in [1.29, 1.82) is 0 Å². The van der Waals surface area contributed by atoms with Crippen molar-refractivity contribution in [3.05, 3.63) is 106 Å². The fourth-order valence-electron chi connectivity index (χ4n) is 4.47. The number of anilines is 1. The van der Waals surface area contributed by atoms with Crippen molar-refractivity contribution in [3.8, 4) is 23.0 Å². The van der Waals surface area contributed by atoms with Gasteiger partial charge in [0.15, 0.2) is 23.1 Å². The monoisotopic (exact) mass is 542 g/mol. The number of hydrogen-bond acceptors (Lipinski definition) is 6. The first-order chi connectivity index (χ1) is 19.3. The molecule has 0 saturated carbocycles. The van der Waals surface area contributed by atoms with Crippen molar-refractivity contribution < 1.29 is 23.4 Å². The van der Waals surface area contributed by atoms with E-state index in [1.165, 1.54) is 31.0 Å². The Labute approximate surface area is 229 Å². The Balaban J connectivity index is 1.38. The molecule has 0 bridgehead atoms. The van der Waals surface area contributed by atoms with Gasteiger partial charge in [0.1, 0.15) is 11.3 Å². The number of halogens is 1. The maximum atomic E-state index is 15.1. The number of ether oxygens (including phenoxy) is 3. The lowest BCUT2D eigenvalue weighted by atomic mass is 10.1. The van der Waals surface area contributed by atoms with Crippen molar-refractivity contribution >= 4 is 22.5 Å². The number of nitrogens with one attached hydrogen (secondary N) is 1. The highest BCUT2D eigenvalue weighted by Gasteiger charge is 2.22. The van der Waals surface area contributed by atoms with Crippen molar-refractivity contribution in [1.82, 2.24) is 14.3 Å². The Morgan fingerprint density at radius 2 is 1.68 bits per heavy atom. The molecule has 1 N–H and O–H groups in total. The topological polar surface area (TPSA) is 96.6 Å². The van der Waals surface area contributed by atoms with Gasteiger partial charge in [-0.25, -0.2) is 9.07 Å². The molecule has 0 aliphatic heterocycles. The number of carbonyl (C=O) groups is 1. The minimum Gasteiger partial charge on any atom is -0.493 e. The molecule has 0 spiro atoms. The minimum absolute atomic E-state index is 0.00760. The zero-order valence-electron chi connectivity index (χ0n) is 22.4. The van der Waals surface area contributed by atoms with Gasteiger partial charge in [-0.1, -0.05) is 30.3 Å². The fourth-order valence-corrected chi connectivity index (χ4v) is 4.47. The van der Waals surface area contributed by atoms with Crippen molar-refractivity contribution in [2.45, 2.75) is 13.5 Å². The molecule has 5 rings (SSSR count). The van der Waals surface area contributed by atoms with E-state index in [0.717, 1.165) is 11.6 Å². The number of benzene rings is 3. The summed E-state index contributed by atoms with van der Waals surface area (Å²) in [5.74, 6) is -0.0348. The second-order valence-electron chi connectivity index (χ2n) is 9.07. The van der Waals surface area contributed by atoms with Crippen molar-refractivity contribution in [2.24, 2.45) is 7.05 Å². The normalized spacial score (nSPS) is 10.9. The van der Waals surface area contributed by atoms with Gasteiger partial charge in [0, 0.05) is 42.1 Å². The maximum Gasteiger partial charge on any atom is 0.280 e. The molecule has 5 aromatic rings. The lowest BCUT2D eigenvalue weighted by molar-refractivity contribution is 0.102. The van der Waals surface area contributed by atoms with E-state index in [9.17, 15) is 9.59 Å². The number of methoxy groups -OCH3 is 2. The van der Waals surface area contributed by atoms with E-state index in [-0.39, 0.29) is 17.0 Å². The third-order valence-electron chi connectivity index (χ3n) is 6.68. The summed E-state index contributed by atoms with van der Waals surface area (Å²) in [6.45, 7) is 2.01. The minimum atomic E-state index is -0.700. The van der Waals surface area contributed by atoms with Crippen LogP contribution < -0.4 is 25.1 Å². The summed E-state index contributed by atoms with van der Waals surface area (Å²) < 4.78 is 34.8. The van der Waals surface area contributed by atoms with Gasteiger partial charge in [-0.15, -0.1) is 0 Å². The molecule has 3 aromatic carbocycles. The largest absolute Gasteiger partial charge is 0.493 e. The molecular formula is C30H27FN4O5. The van der Waals surface area contributed by atoms with E-state index < -0.39 is 17.3 Å². The molecule has 0 atom stereocenters. The van der Waals surface area contributed by atoms with Gasteiger partial charge in [0.2, 0.25) is 0 Å². The summed E-state index contributed by atoms with van der Waals surface area (Å²) in [4.78, 5) is 30.6. The summed E-state index contributed by atoms with van der Waals surface area (Å²) in [5, 5.41) is 3.23. The highest BCUT2D eigenvalue weighted by atomic mass is 19.1. The second-order valence-corrected chi connectivity index (χ2v) is 9.07. The predicted octanol–water partition coefficient (Wildman–Crippen LogP) is 5.29. The smallest absolute Gasteiger partial charge is 0.280 e. The van der Waals surface area contributed by atoms with E-state index in [1.54, 1.807) is 43.0 Å². The summed E-state index contributed by atoms with van der Waals surface area (Å²) in [7, 11) is 4.76. The zero-order chi connectivity index (χ0) is 28.4. The quantitative estimate of drug-likeness (QED) is 0.286. The Morgan fingerprint density at radius 1 is 0.950 bits per heavy atom. The summed E-state index contributed by atoms with van der Waals surface area (Å²) in [6, 6.07) is 18.5. The van der Waals surface area contributed by atoms with Gasteiger partial charge in [0.05, 0.1) is 26.3 Å². The lowest BCUT2D eigenvalue weighted by Crippen LogP contribution is -2.26. The highest BCUT2D eigenvalue weighted by Crippen LogP contribution is 2.37. The number of aromatic nitrogens is 3. The number of hydrogen-bond donors (Lipinski definition) is 1. The second kappa shape index (κ2) is 10.9. The van der Waals surface area contributed by atoms with Gasteiger partial charge < -0.3 is 19.5 Å². The van der Waals surface area contributed by atoms with Gasteiger partial charge >= 0.3 is 0 Å². The molecule has 204 valence electrons. The van der Waals surface area contributed by atoms with Gasteiger partial charge in [0.25, 0.3) is 11.5 Å². The number of rotatable bonds is 8. The fraction of sp³-hybridized carbons (Fsp3) is 0.167. The third-order valence-corrected chi connectivity index (χ3v) is 6.68. The Kier molecular flexibility index (Phi) is 7.24. The Morgan fingerprint density at radius 3 is 2.38 bits per heavy atom. The number of carbonyl (C=O) groups excluding carboxylic acids is 1. The molecular weight excluding hydrogens is 515 g/mol. The zero-order valence-corrected chi connectivity index (χ0v) is 22.4. The van der Waals surface area contributed by atoms with Crippen LogP contribution in [-0.4, -0.2) is 34.5 Å². The van der Waals surface area contributed by atoms with E-state index in [2.05, 4.69) is 10.3 Å². The van der Waals surface area contributed by atoms with E-state index in [0.29, 0.717) is 40.4 Å². The molecule has 10 heteroatoms. The van der Waals surface area contributed by atoms with Crippen LogP contribution in [0.2, 0.25) is 0 Å². The molecule has 2 aromatic heterocycles. The van der Waals surface area contributed by atoms with E-state index in [1.807, 2.05) is 30.3 Å². The van der Waals surface area contributed by atoms with Gasteiger partial charge in [-0.2, -0.15) is 0 Å². The number of fused-ring (bicyclic) bond motifs is 1. The summed E-state index contributed by atoms with van der Waals surface area (Å²) in [5.41, 5.74) is 1.74. The molecule has 0 aliphatic carbocycles. The maximum absolute atomic E-state index is 15.1. The van der Waals surface area contributed by atoms with E-state index >= 15 is 4.39 Å². The van der Waals surface area contributed by atoms with Crippen LogP contribution in [0.3, 0.4) is 0 Å². The number of amides is 1. The first kappa shape index (κ1) is 26.5. The first-order valence-corrected chi connectivity index (χ1v) is 12.4. The molecule has 0 unspecified atom stereocenters. The lowest BCUT2D eigenvalue weighted by Gasteiger charge is -2.13. The molecule has 40 heavy (non-hydrogen) atoms. The van der Waals surface area contributed by atoms with Crippen LogP contribution in [0.4, 0.5) is 10.1 Å². The molecule has 9 nitrogen and oxygen atoms in total. The summed E-state index contributed by atoms with van der Waals surface area (Å²) in [6.07, 6.45) is 1.54. The number of pyridine rings is 1. The standard InChI is InChI=1S/C30H27FN4O5/c1-18-28(30(37)35(34(18)2)17-19-8-6-5-7-9-19)29(36)33-20-10-11-25(22(31)14-20)40-24-12-13-32-23-16-27(39-4)26(38-3)15-21(23)24/h5-16H,17H2,1-4H3,(H,33,36). The Hall–Kier alpha value is -5.12. The average molecular weight is 543 g/mol. The molecule has 0 saturated heterocycles. The SMILES string of the molecule is COc1cc2nccc(Oc3ccc(NC(=O)c4c(C)n(C)n(Cc5ccccc5)c4=O)cc3F)c2cc1OC. The van der Waals surface area contributed by atoms with Crippen molar-refractivity contribution in [2.75, 3.05) is 19.5 Å². The highest BCUT2D eigenvalue weighted by molar-refractivity contribution is 6.04. The molecule has 0 fully saturated rings. The van der Waals surface area contributed by atoms with Gasteiger partial charge in [-0.3, -0.25) is 19.3 Å². The molecule has 2 heterocycles. The van der Waals surface area contributed by atoms with Crippen LogP contribution in [0.1, 0.15) is 21.6 Å². The average Bonchev–Trinajstić information content (AvgIpc) is 3.17. The predicted molar refractivity (Wildman–Crippen MR) is 149 cm³/mol. The van der Waals surface area contributed by atoms with Crippen LogP contribution in [0.5, 0.6) is 23.0 Å². The van der Waals surface area contributed by atoms with Crippen molar-refractivity contribution in [3.63, 3.8) is 0 Å².